The van der Waals surface area contributed by atoms with Crippen molar-refractivity contribution in [2.24, 2.45) is 0 Å². The molecule has 0 radical (unpaired) electrons. The molecule has 0 aliphatic carbocycles. The summed E-state index contributed by atoms with van der Waals surface area (Å²) >= 11 is 0. The first kappa shape index (κ1) is 25.3. The molecule has 1 atom stereocenters. The Hall–Kier alpha value is -3.39. The zero-order valence-electron chi connectivity index (χ0n) is 21.6. The van der Waals surface area contributed by atoms with Crippen LogP contribution in [0.25, 0.3) is 0 Å². The number of anilines is 1. The first-order valence-electron chi connectivity index (χ1n) is 13.5. The lowest BCUT2D eigenvalue weighted by atomic mass is 10.1. The van der Waals surface area contributed by atoms with E-state index in [0.29, 0.717) is 36.9 Å². The Balaban J connectivity index is 1.09. The Bertz CT molecular complexity index is 1110. The highest BCUT2D eigenvalue weighted by molar-refractivity contribution is 6.02. The summed E-state index contributed by atoms with van der Waals surface area (Å²) in [5.74, 6) is 0.498. The summed E-state index contributed by atoms with van der Waals surface area (Å²) < 4.78 is 5.91. The summed E-state index contributed by atoms with van der Waals surface area (Å²) in [5, 5.41) is 0. The third-order valence-electron chi connectivity index (χ3n) is 7.73. The lowest BCUT2D eigenvalue weighted by molar-refractivity contribution is -0.120. The Morgan fingerprint density at radius 3 is 2.08 bits per heavy atom. The van der Waals surface area contributed by atoms with E-state index in [1.54, 1.807) is 39.0 Å². The lowest BCUT2D eigenvalue weighted by Crippen LogP contribution is -2.52. The van der Waals surface area contributed by atoms with Gasteiger partial charge < -0.3 is 24.3 Å². The second-order valence-electron chi connectivity index (χ2n) is 10.2. The summed E-state index contributed by atoms with van der Waals surface area (Å²) in [6.07, 6.45) is 4.62. The average molecular weight is 505 g/mol. The fourth-order valence-corrected chi connectivity index (χ4v) is 5.26. The molecule has 0 unspecified atom stereocenters. The zero-order chi connectivity index (χ0) is 25.8. The summed E-state index contributed by atoms with van der Waals surface area (Å²) in [4.78, 5) is 45.8. The van der Waals surface area contributed by atoms with Crippen LogP contribution in [0, 0.1) is 0 Å². The fourth-order valence-electron chi connectivity index (χ4n) is 5.26. The van der Waals surface area contributed by atoms with Gasteiger partial charge in [0.15, 0.2) is 0 Å². The van der Waals surface area contributed by atoms with Gasteiger partial charge in [-0.15, -0.1) is 0 Å². The minimum absolute atomic E-state index is 0.00201. The fraction of sp³-hybridized carbons (Fsp3) is 0.483. The van der Waals surface area contributed by atoms with Crippen LogP contribution in [-0.2, 0) is 4.79 Å². The Labute approximate surface area is 218 Å². The van der Waals surface area contributed by atoms with Crippen molar-refractivity contribution in [3.63, 3.8) is 0 Å². The topological polar surface area (TPSA) is 73.4 Å². The van der Waals surface area contributed by atoms with Gasteiger partial charge in [0.05, 0.1) is 6.61 Å². The number of carbonyl (C=O) groups excluding carboxylic acids is 3. The maximum atomic E-state index is 13.0. The van der Waals surface area contributed by atoms with E-state index in [0.717, 1.165) is 43.9 Å². The molecule has 3 amide bonds. The number of benzene rings is 2. The van der Waals surface area contributed by atoms with E-state index >= 15 is 0 Å². The molecule has 5 rings (SSSR count). The Kier molecular flexibility index (Phi) is 7.74. The molecule has 0 spiro atoms. The van der Waals surface area contributed by atoms with E-state index in [2.05, 4.69) is 11.8 Å². The molecule has 8 heteroatoms. The number of piperazine rings is 1. The van der Waals surface area contributed by atoms with Crippen molar-refractivity contribution in [3.05, 3.63) is 59.7 Å². The van der Waals surface area contributed by atoms with E-state index in [1.165, 1.54) is 19.4 Å². The van der Waals surface area contributed by atoms with Crippen LogP contribution >= 0.6 is 0 Å². The van der Waals surface area contributed by atoms with Crippen molar-refractivity contribution in [1.29, 1.82) is 0 Å². The third-order valence-corrected chi connectivity index (χ3v) is 7.73. The molecule has 0 aromatic heterocycles. The number of likely N-dealkylation sites (tertiary alicyclic amines) is 2. The normalized spacial score (nSPS) is 20.2. The highest BCUT2D eigenvalue weighted by Crippen LogP contribution is 2.23. The van der Waals surface area contributed by atoms with Crippen LogP contribution in [0.4, 0.5) is 5.69 Å². The van der Waals surface area contributed by atoms with Gasteiger partial charge in [-0.25, -0.2) is 0 Å². The minimum atomic E-state index is -0.192. The van der Waals surface area contributed by atoms with Gasteiger partial charge in [-0.05, 0) is 87.7 Å². The molecule has 2 aromatic rings. The monoisotopic (exact) mass is 504 g/mol. The molecule has 196 valence electrons. The van der Waals surface area contributed by atoms with Gasteiger partial charge in [-0.3, -0.25) is 14.4 Å². The molecule has 0 N–H and O–H groups in total. The second-order valence-corrected chi connectivity index (χ2v) is 10.2. The van der Waals surface area contributed by atoms with Crippen molar-refractivity contribution in [1.82, 2.24) is 14.7 Å². The van der Waals surface area contributed by atoms with Gasteiger partial charge in [0.2, 0.25) is 5.91 Å². The first-order chi connectivity index (χ1) is 18.0. The first-order valence-corrected chi connectivity index (χ1v) is 13.5. The maximum absolute atomic E-state index is 13.0. The van der Waals surface area contributed by atoms with Gasteiger partial charge >= 0.3 is 0 Å². The number of ether oxygens (including phenoxy) is 1. The van der Waals surface area contributed by atoms with Crippen LogP contribution in [0.15, 0.2) is 48.5 Å². The standard InChI is InChI=1S/C29H36N4O4/c1-22-5-2-14-30(22)17-4-20-37-26-12-10-25(11-13-26)33-19-18-32(21-27(33)34)29(36)24-8-6-23(7-9-24)28(35)31-15-3-16-31/h6-13,22H,2-5,14-21H2,1H3/t22-/m0/s1. The molecular weight excluding hydrogens is 468 g/mol. The van der Waals surface area contributed by atoms with Crippen LogP contribution < -0.4 is 9.64 Å². The smallest absolute Gasteiger partial charge is 0.254 e. The van der Waals surface area contributed by atoms with Gasteiger partial charge in [0, 0.05) is 55.6 Å². The Morgan fingerprint density at radius 1 is 0.838 bits per heavy atom. The highest BCUT2D eigenvalue weighted by atomic mass is 16.5. The average Bonchev–Trinajstić information content (AvgIpc) is 3.30. The molecule has 3 aliphatic heterocycles. The molecular formula is C29H36N4O4. The number of carbonyl (C=O) groups is 3. The van der Waals surface area contributed by atoms with Crippen molar-refractivity contribution >= 4 is 23.4 Å². The summed E-state index contributed by atoms with van der Waals surface area (Å²) in [6, 6.07) is 15.0. The van der Waals surface area contributed by atoms with E-state index in [9.17, 15) is 14.4 Å². The predicted octanol–water partition coefficient (Wildman–Crippen LogP) is 3.27. The zero-order valence-corrected chi connectivity index (χ0v) is 21.6. The van der Waals surface area contributed by atoms with Gasteiger partial charge in [-0.1, -0.05) is 0 Å². The quantitative estimate of drug-likeness (QED) is 0.516. The summed E-state index contributed by atoms with van der Waals surface area (Å²) in [5.41, 5.74) is 1.89. The van der Waals surface area contributed by atoms with Crippen molar-refractivity contribution in [2.75, 3.05) is 57.3 Å². The number of hydrogen-bond donors (Lipinski definition) is 0. The summed E-state index contributed by atoms with van der Waals surface area (Å²) in [6.45, 7) is 7.72. The SMILES string of the molecule is C[C@H]1CCCN1CCCOc1ccc(N2CCN(C(=O)c3ccc(C(=O)N4CCC4)cc3)CC2=O)cc1. The molecule has 0 saturated carbocycles. The molecule has 0 bridgehead atoms. The number of rotatable bonds is 8. The van der Waals surface area contributed by atoms with Crippen molar-refractivity contribution < 1.29 is 19.1 Å². The van der Waals surface area contributed by atoms with Gasteiger partial charge in [0.1, 0.15) is 12.3 Å². The number of nitrogens with zero attached hydrogens (tertiary/aromatic N) is 4. The van der Waals surface area contributed by atoms with Gasteiger partial charge in [0.25, 0.3) is 11.8 Å². The molecule has 8 nitrogen and oxygen atoms in total. The number of hydrogen-bond acceptors (Lipinski definition) is 5. The van der Waals surface area contributed by atoms with Gasteiger partial charge in [-0.2, -0.15) is 0 Å². The van der Waals surface area contributed by atoms with Crippen LogP contribution in [-0.4, -0.2) is 90.9 Å². The molecule has 3 saturated heterocycles. The van der Waals surface area contributed by atoms with Crippen LogP contribution in [0.1, 0.15) is 53.3 Å². The van der Waals surface area contributed by atoms with Crippen molar-refractivity contribution in [3.8, 4) is 5.75 Å². The molecule has 3 aliphatic rings. The van der Waals surface area contributed by atoms with Crippen LogP contribution in [0.5, 0.6) is 5.75 Å². The molecule has 2 aromatic carbocycles. The molecule has 37 heavy (non-hydrogen) atoms. The van der Waals surface area contributed by atoms with E-state index < -0.39 is 0 Å². The van der Waals surface area contributed by atoms with Crippen LogP contribution in [0.3, 0.4) is 0 Å². The van der Waals surface area contributed by atoms with Crippen LogP contribution in [0.2, 0.25) is 0 Å². The minimum Gasteiger partial charge on any atom is -0.494 e. The third kappa shape index (κ3) is 5.80. The predicted molar refractivity (Wildman–Crippen MR) is 142 cm³/mol. The highest BCUT2D eigenvalue weighted by Gasteiger charge is 2.29. The Morgan fingerprint density at radius 2 is 1.51 bits per heavy atom. The van der Waals surface area contributed by atoms with E-state index in [4.69, 9.17) is 4.74 Å². The summed E-state index contributed by atoms with van der Waals surface area (Å²) in [7, 11) is 0. The van der Waals surface area contributed by atoms with E-state index in [-0.39, 0.29) is 24.3 Å². The van der Waals surface area contributed by atoms with Crippen molar-refractivity contribution in [2.45, 2.75) is 38.6 Å². The molecule has 3 heterocycles. The lowest BCUT2D eigenvalue weighted by Gasteiger charge is -2.34. The second kappa shape index (κ2) is 11.3. The maximum Gasteiger partial charge on any atom is 0.254 e. The molecule has 3 fully saturated rings. The largest absolute Gasteiger partial charge is 0.494 e. The number of amides is 3. The van der Waals surface area contributed by atoms with E-state index in [1.807, 2.05) is 24.3 Å².